The molecule has 0 spiro atoms. The molecule has 0 radical (unpaired) electrons. The molecular formula is C18H22BrN. The molecule has 1 unspecified atom stereocenters. The van der Waals surface area contributed by atoms with Gasteiger partial charge in [-0.15, -0.1) is 0 Å². The lowest BCUT2D eigenvalue weighted by Crippen LogP contribution is -2.07. The van der Waals surface area contributed by atoms with Crippen LogP contribution >= 0.6 is 15.9 Å². The van der Waals surface area contributed by atoms with Gasteiger partial charge in [-0.2, -0.15) is 0 Å². The van der Waals surface area contributed by atoms with E-state index in [4.69, 9.17) is 0 Å². The van der Waals surface area contributed by atoms with Crippen molar-refractivity contribution in [1.82, 2.24) is 0 Å². The number of hydrogen-bond donors (Lipinski definition) is 1. The Labute approximate surface area is 130 Å². The number of nitrogens with one attached hydrogen (secondary N) is 1. The third-order valence-corrected chi connectivity index (χ3v) is 4.08. The minimum atomic E-state index is 0.304. The van der Waals surface area contributed by atoms with Crippen LogP contribution in [-0.2, 0) is 6.42 Å². The van der Waals surface area contributed by atoms with Crippen LogP contribution in [0.15, 0.2) is 46.9 Å². The second kappa shape index (κ2) is 6.94. The Morgan fingerprint density at radius 3 is 2.45 bits per heavy atom. The molecular weight excluding hydrogens is 310 g/mol. The lowest BCUT2D eigenvalue weighted by molar-refractivity contribution is 0.874. The first-order valence-electron chi connectivity index (χ1n) is 7.21. The zero-order valence-corrected chi connectivity index (χ0v) is 14.0. The molecule has 0 aliphatic heterocycles. The van der Waals surface area contributed by atoms with Crippen molar-refractivity contribution < 1.29 is 0 Å². The van der Waals surface area contributed by atoms with Gasteiger partial charge < -0.3 is 5.32 Å². The van der Waals surface area contributed by atoms with Gasteiger partial charge in [-0.25, -0.2) is 0 Å². The van der Waals surface area contributed by atoms with Gasteiger partial charge >= 0.3 is 0 Å². The van der Waals surface area contributed by atoms with E-state index >= 15 is 0 Å². The summed E-state index contributed by atoms with van der Waals surface area (Å²) in [6, 6.07) is 15.6. The van der Waals surface area contributed by atoms with Crippen LogP contribution in [0.5, 0.6) is 0 Å². The molecule has 2 aromatic carbocycles. The van der Waals surface area contributed by atoms with Crippen LogP contribution in [-0.4, -0.2) is 0 Å². The van der Waals surface area contributed by atoms with E-state index in [0.29, 0.717) is 6.04 Å². The van der Waals surface area contributed by atoms with E-state index in [9.17, 15) is 0 Å². The molecule has 0 bridgehead atoms. The number of benzene rings is 2. The fraction of sp³-hybridized carbons (Fsp3) is 0.333. The van der Waals surface area contributed by atoms with Gasteiger partial charge in [-0.1, -0.05) is 59.6 Å². The van der Waals surface area contributed by atoms with Crippen LogP contribution in [0.4, 0.5) is 5.69 Å². The van der Waals surface area contributed by atoms with Crippen molar-refractivity contribution >= 4 is 21.6 Å². The predicted molar refractivity (Wildman–Crippen MR) is 91.4 cm³/mol. The van der Waals surface area contributed by atoms with E-state index in [-0.39, 0.29) is 0 Å². The molecule has 2 aromatic rings. The summed E-state index contributed by atoms with van der Waals surface area (Å²) in [7, 11) is 0. The lowest BCUT2D eigenvalue weighted by atomic mass is 10.0. The first-order valence-corrected chi connectivity index (χ1v) is 8.01. The van der Waals surface area contributed by atoms with Gasteiger partial charge in [0, 0.05) is 16.2 Å². The van der Waals surface area contributed by atoms with Crippen molar-refractivity contribution in [2.75, 3.05) is 5.32 Å². The summed E-state index contributed by atoms with van der Waals surface area (Å²) in [4.78, 5) is 0. The van der Waals surface area contributed by atoms with E-state index < -0.39 is 0 Å². The van der Waals surface area contributed by atoms with Gasteiger partial charge in [-0.05, 0) is 49.1 Å². The van der Waals surface area contributed by atoms with Crippen molar-refractivity contribution in [3.8, 4) is 0 Å². The van der Waals surface area contributed by atoms with E-state index in [0.717, 1.165) is 10.9 Å². The summed E-state index contributed by atoms with van der Waals surface area (Å²) in [5.74, 6) is 0. The van der Waals surface area contributed by atoms with E-state index in [1.54, 1.807) is 0 Å². The Bertz CT molecular complexity index is 560. The maximum Gasteiger partial charge on any atom is 0.0485 e. The molecule has 0 saturated heterocycles. The summed E-state index contributed by atoms with van der Waals surface area (Å²) in [6.07, 6.45) is 2.36. The molecule has 0 aromatic heterocycles. The molecule has 1 N–H and O–H groups in total. The first-order chi connectivity index (χ1) is 9.60. The van der Waals surface area contributed by atoms with Crippen molar-refractivity contribution in [3.05, 3.63) is 63.6 Å². The molecule has 106 valence electrons. The summed E-state index contributed by atoms with van der Waals surface area (Å²) < 4.78 is 1.11. The molecule has 0 amide bonds. The van der Waals surface area contributed by atoms with Crippen molar-refractivity contribution in [1.29, 1.82) is 0 Å². The minimum Gasteiger partial charge on any atom is -0.378 e. The molecule has 0 heterocycles. The molecule has 0 fully saturated rings. The summed E-state index contributed by atoms with van der Waals surface area (Å²) in [6.45, 7) is 6.55. The van der Waals surface area contributed by atoms with Gasteiger partial charge in [0.1, 0.15) is 0 Å². The average molecular weight is 332 g/mol. The van der Waals surface area contributed by atoms with Gasteiger partial charge in [0.15, 0.2) is 0 Å². The number of halogens is 1. The highest BCUT2D eigenvalue weighted by molar-refractivity contribution is 9.10. The third-order valence-electron chi connectivity index (χ3n) is 3.59. The number of hydrogen-bond acceptors (Lipinski definition) is 1. The van der Waals surface area contributed by atoms with Crippen LogP contribution in [0.3, 0.4) is 0 Å². The minimum absolute atomic E-state index is 0.304. The predicted octanol–water partition coefficient (Wildman–Crippen LogP) is 5.88. The Hall–Kier alpha value is -1.28. The fourth-order valence-corrected chi connectivity index (χ4v) is 2.69. The number of anilines is 1. The quantitative estimate of drug-likeness (QED) is 0.720. The molecule has 2 heteroatoms. The molecule has 0 saturated carbocycles. The first kappa shape index (κ1) is 15.1. The van der Waals surface area contributed by atoms with Gasteiger partial charge in [0.05, 0.1) is 0 Å². The van der Waals surface area contributed by atoms with Crippen LogP contribution < -0.4 is 5.32 Å². The SMILES string of the molecule is CCCc1ccc(C(C)Nc2cc(Br)ccc2C)cc1. The maximum atomic E-state index is 3.59. The monoisotopic (exact) mass is 331 g/mol. The highest BCUT2D eigenvalue weighted by Gasteiger charge is 2.07. The van der Waals surface area contributed by atoms with Crippen LogP contribution in [0.25, 0.3) is 0 Å². The molecule has 1 nitrogen and oxygen atoms in total. The van der Waals surface area contributed by atoms with Crippen molar-refractivity contribution in [3.63, 3.8) is 0 Å². The van der Waals surface area contributed by atoms with Crippen LogP contribution in [0.1, 0.15) is 43.0 Å². The molecule has 0 aliphatic carbocycles. The molecule has 20 heavy (non-hydrogen) atoms. The maximum absolute atomic E-state index is 3.59. The summed E-state index contributed by atoms with van der Waals surface area (Å²) in [5.41, 5.74) is 5.19. The topological polar surface area (TPSA) is 12.0 Å². The highest BCUT2D eigenvalue weighted by Crippen LogP contribution is 2.25. The van der Waals surface area contributed by atoms with E-state index in [2.05, 4.69) is 84.5 Å². The molecule has 2 rings (SSSR count). The van der Waals surface area contributed by atoms with Crippen molar-refractivity contribution in [2.45, 2.75) is 39.7 Å². The van der Waals surface area contributed by atoms with Crippen molar-refractivity contribution in [2.24, 2.45) is 0 Å². The smallest absolute Gasteiger partial charge is 0.0485 e. The second-order valence-electron chi connectivity index (χ2n) is 5.32. The average Bonchev–Trinajstić information content (AvgIpc) is 2.44. The second-order valence-corrected chi connectivity index (χ2v) is 6.23. The summed E-state index contributed by atoms with van der Waals surface area (Å²) >= 11 is 3.53. The molecule has 0 aliphatic rings. The van der Waals surface area contributed by atoms with Gasteiger partial charge in [-0.3, -0.25) is 0 Å². The fourth-order valence-electron chi connectivity index (χ4n) is 2.33. The molecule has 1 atom stereocenters. The Kier molecular flexibility index (Phi) is 5.24. The normalized spacial score (nSPS) is 12.2. The highest BCUT2D eigenvalue weighted by atomic mass is 79.9. The zero-order valence-electron chi connectivity index (χ0n) is 12.4. The lowest BCUT2D eigenvalue weighted by Gasteiger charge is -2.18. The van der Waals surface area contributed by atoms with Gasteiger partial charge in [0.25, 0.3) is 0 Å². The van der Waals surface area contributed by atoms with Gasteiger partial charge in [0.2, 0.25) is 0 Å². The van der Waals surface area contributed by atoms with E-state index in [1.165, 1.54) is 28.8 Å². The van der Waals surface area contributed by atoms with E-state index in [1.807, 2.05) is 0 Å². The Balaban J connectivity index is 2.11. The zero-order chi connectivity index (χ0) is 14.5. The standard InChI is InChI=1S/C18H22BrN/c1-4-5-15-7-9-16(10-8-15)14(3)20-18-12-17(19)11-6-13(18)2/h6-12,14,20H,4-5H2,1-3H3. The summed E-state index contributed by atoms with van der Waals surface area (Å²) in [5, 5.41) is 3.59. The Morgan fingerprint density at radius 2 is 1.80 bits per heavy atom. The van der Waals surface area contributed by atoms with Crippen LogP contribution in [0.2, 0.25) is 0 Å². The number of rotatable bonds is 5. The number of aryl methyl sites for hydroxylation is 2. The largest absolute Gasteiger partial charge is 0.378 e. The van der Waals surface area contributed by atoms with Crippen LogP contribution in [0, 0.1) is 6.92 Å². The third kappa shape index (κ3) is 3.86. The Morgan fingerprint density at radius 1 is 1.10 bits per heavy atom.